The first kappa shape index (κ1) is 19.2. The summed E-state index contributed by atoms with van der Waals surface area (Å²) >= 11 is 6.58. The molecule has 1 fully saturated rings. The number of aryl methyl sites for hydroxylation is 1. The molecule has 6 nitrogen and oxygen atoms in total. The highest BCUT2D eigenvalue weighted by Gasteiger charge is 2.27. The molecule has 1 unspecified atom stereocenters. The molecule has 1 aromatic heterocycles. The van der Waals surface area contributed by atoms with Gasteiger partial charge in [-0.1, -0.05) is 23.7 Å². The van der Waals surface area contributed by atoms with E-state index in [2.05, 4.69) is 14.9 Å². The minimum absolute atomic E-state index is 0.0964. The number of rotatable bonds is 3. The molecule has 1 saturated heterocycles. The van der Waals surface area contributed by atoms with Crippen molar-refractivity contribution in [2.45, 2.75) is 19.4 Å². The first-order chi connectivity index (χ1) is 12.3. The summed E-state index contributed by atoms with van der Waals surface area (Å²) in [5.41, 5.74) is 7.60. The smallest absolute Gasteiger partial charge is 0.222 e. The van der Waals surface area contributed by atoms with Gasteiger partial charge < -0.3 is 19.9 Å². The molecule has 3 rings (SSSR count). The molecule has 0 bridgehead atoms. The van der Waals surface area contributed by atoms with Crippen molar-refractivity contribution in [2.75, 3.05) is 43.7 Å². The van der Waals surface area contributed by atoms with Crippen molar-refractivity contribution in [1.29, 1.82) is 0 Å². The van der Waals surface area contributed by atoms with Crippen molar-refractivity contribution in [3.63, 3.8) is 0 Å². The maximum Gasteiger partial charge on any atom is 0.222 e. The van der Waals surface area contributed by atoms with Gasteiger partial charge in [-0.25, -0.2) is 4.98 Å². The summed E-state index contributed by atoms with van der Waals surface area (Å²) in [6.45, 7) is 7.34. The predicted octanol–water partition coefficient (Wildman–Crippen LogP) is 3.24. The molecule has 8 heteroatoms. The van der Waals surface area contributed by atoms with E-state index >= 15 is 0 Å². The quantitative estimate of drug-likeness (QED) is 0.805. The number of aromatic nitrogens is 2. The van der Waals surface area contributed by atoms with E-state index in [1.165, 1.54) is 0 Å². The van der Waals surface area contributed by atoms with Gasteiger partial charge in [0, 0.05) is 35.2 Å². The van der Waals surface area contributed by atoms with Gasteiger partial charge in [0.05, 0.1) is 12.6 Å². The Kier molecular flexibility index (Phi) is 5.56. The number of nitrogens with two attached hydrogens (primary N) is 1. The summed E-state index contributed by atoms with van der Waals surface area (Å²) in [5, 5.41) is 1.36. The molecule has 0 aliphatic carbocycles. The molecule has 1 aromatic carbocycles. The monoisotopic (exact) mass is 394 g/mol. The van der Waals surface area contributed by atoms with Gasteiger partial charge in [0.1, 0.15) is 13.0 Å². The molecule has 2 N–H and O–H groups in total. The summed E-state index contributed by atoms with van der Waals surface area (Å²) < 4.78 is 18.1. The van der Waals surface area contributed by atoms with Crippen molar-refractivity contribution >= 4 is 35.8 Å². The van der Waals surface area contributed by atoms with Crippen LogP contribution in [-0.2, 0) is 9.30 Å². The van der Waals surface area contributed by atoms with E-state index in [-0.39, 0.29) is 12.0 Å². The number of halogens is 1. The molecule has 26 heavy (non-hydrogen) atoms. The fraction of sp³-hybridized carbons (Fsp3) is 0.444. The lowest BCUT2D eigenvalue weighted by Gasteiger charge is -2.31. The first-order valence-electron chi connectivity index (χ1n) is 8.56. The maximum atomic E-state index is 12.3. The van der Waals surface area contributed by atoms with Crippen LogP contribution < -0.4 is 15.9 Å². The molecule has 1 aliphatic heterocycles. The average Bonchev–Trinajstić information content (AvgIpc) is 2.78. The summed E-state index contributed by atoms with van der Waals surface area (Å²) in [6, 6.07) is 7.47. The van der Waals surface area contributed by atoms with Gasteiger partial charge in [-0.3, -0.25) is 0 Å². The fourth-order valence-corrected chi connectivity index (χ4v) is 4.41. The molecule has 140 valence electrons. The molecular weight excluding hydrogens is 371 g/mol. The fourth-order valence-electron chi connectivity index (χ4n) is 3.15. The summed E-state index contributed by atoms with van der Waals surface area (Å²) in [6.07, 6.45) is 0.883. The maximum absolute atomic E-state index is 12.3. The van der Waals surface area contributed by atoms with Gasteiger partial charge in [0.25, 0.3) is 0 Å². The minimum Gasteiger partial charge on any atom is -0.379 e. The van der Waals surface area contributed by atoms with E-state index in [4.69, 9.17) is 22.1 Å². The van der Waals surface area contributed by atoms with Crippen LogP contribution in [0.1, 0.15) is 23.7 Å². The topological polar surface area (TPSA) is 81.3 Å². The number of ether oxygens (including phenoxy) is 1. The molecular formula is C18H24ClN4O2P. The largest absolute Gasteiger partial charge is 0.379 e. The molecule has 0 spiro atoms. The van der Waals surface area contributed by atoms with Crippen LogP contribution in [-0.4, -0.2) is 43.1 Å². The Morgan fingerprint density at radius 1 is 1.31 bits per heavy atom. The zero-order valence-electron chi connectivity index (χ0n) is 15.3. The number of benzene rings is 1. The lowest BCUT2D eigenvalue weighted by molar-refractivity contribution is 0.134. The number of hydrogen-bond donors (Lipinski definition) is 1. The van der Waals surface area contributed by atoms with Gasteiger partial charge in [-0.15, -0.1) is 0 Å². The highest BCUT2D eigenvalue weighted by Crippen LogP contribution is 2.38. The lowest BCUT2D eigenvalue weighted by atomic mass is 10.1. The summed E-state index contributed by atoms with van der Waals surface area (Å²) in [7, 11) is -2.37. The van der Waals surface area contributed by atoms with Crippen molar-refractivity contribution in [3.05, 3.63) is 40.5 Å². The Hall–Kier alpha value is -1.62. The highest BCUT2D eigenvalue weighted by molar-refractivity contribution is 7.70. The second kappa shape index (κ2) is 7.55. The Bertz CT molecular complexity index is 835. The molecule has 0 radical (unpaired) electrons. The van der Waals surface area contributed by atoms with Gasteiger partial charge >= 0.3 is 0 Å². The van der Waals surface area contributed by atoms with E-state index in [0.29, 0.717) is 18.2 Å². The van der Waals surface area contributed by atoms with Crippen LogP contribution in [0.2, 0.25) is 5.02 Å². The van der Waals surface area contributed by atoms with Crippen LogP contribution in [0.3, 0.4) is 0 Å². The number of nitrogens with zero attached hydrogens (tertiary/aromatic N) is 3. The number of anilines is 2. The number of hydrogen-bond acceptors (Lipinski definition) is 6. The Morgan fingerprint density at radius 3 is 2.73 bits per heavy atom. The third-order valence-corrected chi connectivity index (χ3v) is 6.31. The van der Waals surface area contributed by atoms with Crippen LogP contribution in [0, 0.1) is 6.92 Å². The lowest BCUT2D eigenvalue weighted by Crippen LogP contribution is -2.32. The van der Waals surface area contributed by atoms with Crippen LogP contribution in [0.25, 0.3) is 0 Å². The number of nitrogen functional groups attached to an aromatic ring is 1. The van der Waals surface area contributed by atoms with E-state index in [9.17, 15) is 4.57 Å². The summed E-state index contributed by atoms with van der Waals surface area (Å²) in [4.78, 5) is 10.7. The van der Waals surface area contributed by atoms with Crippen LogP contribution in [0.4, 0.5) is 11.8 Å². The zero-order chi connectivity index (χ0) is 18.9. The van der Waals surface area contributed by atoms with E-state index in [0.717, 1.165) is 35.3 Å². The molecule has 0 saturated carbocycles. The Balaban J connectivity index is 2.03. The molecule has 2 aromatic rings. The van der Waals surface area contributed by atoms with E-state index in [1.807, 2.05) is 25.1 Å². The first-order valence-corrected chi connectivity index (χ1v) is 11.5. The van der Waals surface area contributed by atoms with E-state index in [1.54, 1.807) is 19.4 Å². The van der Waals surface area contributed by atoms with Gasteiger partial charge in [-0.2, -0.15) is 4.98 Å². The van der Waals surface area contributed by atoms with Crippen molar-refractivity contribution < 1.29 is 9.30 Å². The van der Waals surface area contributed by atoms with Gasteiger partial charge in [-0.05, 0) is 38.3 Å². The average molecular weight is 395 g/mol. The van der Waals surface area contributed by atoms with Crippen molar-refractivity contribution in [2.24, 2.45) is 0 Å². The molecule has 1 atom stereocenters. The summed E-state index contributed by atoms with van der Waals surface area (Å²) in [5.74, 6) is 1.02. The van der Waals surface area contributed by atoms with Crippen molar-refractivity contribution in [3.8, 4) is 0 Å². The van der Waals surface area contributed by atoms with E-state index < -0.39 is 7.14 Å². The Labute approximate surface area is 159 Å². The third kappa shape index (κ3) is 4.20. The normalized spacial score (nSPS) is 18.6. The highest BCUT2D eigenvalue weighted by atomic mass is 35.5. The molecule has 2 heterocycles. The van der Waals surface area contributed by atoms with Gasteiger partial charge in [0.15, 0.2) is 0 Å². The minimum atomic E-state index is -2.37. The third-order valence-electron chi connectivity index (χ3n) is 4.46. The predicted molar refractivity (Wildman–Crippen MR) is 107 cm³/mol. The zero-order valence-corrected chi connectivity index (χ0v) is 16.9. The van der Waals surface area contributed by atoms with Crippen LogP contribution >= 0.6 is 18.7 Å². The van der Waals surface area contributed by atoms with Gasteiger partial charge in [0.2, 0.25) is 5.95 Å². The standard InChI is InChI=1S/C18H24ClN4O2P/c1-12-9-17(22-18(20)21-12)23-7-4-8-25-11-16(23)14-6-5-13(10-15(14)19)26(2,3)24/h5-6,9-10,16H,4,7-8,11H2,1-3H3,(H2,20,21,22). The molecule has 0 amide bonds. The second-order valence-electron chi connectivity index (χ2n) is 6.92. The molecule has 1 aliphatic rings. The second-order valence-corrected chi connectivity index (χ2v) is 10.5. The van der Waals surface area contributed by atoms with Crippen LogP contribution in [0.5, 0.6) is 0 Å². The van der Waals surface area contributed by atoms with Crippen molar-refractivity contribution in [1.82, 2.24) is 9.97 Å². The van der Waals surface area contributed by atoms with Crippen LogP contribution in [0.15, 0.2) is 24.3 Å². The SMILES string of the molecule is Cc1cc(N2CCCOCC2c2ccc(P(C)(C)=O)cc2Cl)nc(N)n1. The Morgan fingerprint density at radius 2 is 2.08 bits per heavy atom.